The van der Waals surface area contributed by atoms with Gasteiger partial charge in [-0.1, -0.05) is 268 Å². The van der Waals surface area contributed by atoms with Crippen LogP contribution in [0, 0.1) is 79.1 Å². The van der Waals surface area contributed by atoms with Crippen LogP contribution in [0.3, 0.4) is 0 Å². The van der Waals surface area contributed by atoms with Crippen molar-refractivity contribution in [3.8, 4) is 34.5 Å². The molecular formula is C113H180I3O14Y2-. The number of aliphatic hydroxyl groups is 4. The summed E-state index contributed by atoms with van der Waals surface area (Å²) in [7, 11) is 0. The van der Waals surface area contributed by atoms with Gasteiger partial charge in [-0.15, -0.1) is 77.8 Å². The summed E-state index contributed by atoms with van der Waals surface area (Å²) in [6.45, 7) is 49.7. The third kappa shape index (κ3) is 49.3. The Hall–Kier alpha value is -3.87. The first kappa shape index (κ1) is 139. The molecule has 19 heteroatoms. The minimum Gasteiger partial charge on any atom is -0.542 e. The molecule has 0 spiro atoms. The molecule has 7 aromatic carbocycles. The van der Waals surface area contributed by atoms with Crippen molar-refractivity contribution < 1.29 is 136 Å². The Morgan fingerprint density at radius 1 is 0.379 bits per heavy atom. The summed E-state index contributed by atoms with van der Waals surface area (Å²) >= 11 is 0. The number of rotatable bonds is 12. The fourth-order valence-electron chi connectivity index (χ4n) is 19.0. The van der Waals surface area contributed by atoms with Crippen LogP contribution in [0.25, 0.3) is 0 Å². The van der Waals surface area contributed by atoms with E-state index in [4.69, 9.17) is 10.2 Å². The summed E-state index contributed by atoms with van der Waals surface area (Å²) < 4.78 is 0. The van der Waals surface area contributed by atoms with Gasteiger partial charge in [0, 0.05) is 110 Å². The quantitative estimate of drug-likeness (QED) is 0.0309. The molecule has 0 heterocycles. The molecule has 0 saturated heterocycles. The van der Waals surface area contributed by atoms with Crippen molar-refractivity contribution in [3.63, 3.8) is 0 Å². The van der Waals surface area contributed by atoms with Crippen LogP contribution in [0.5, 0.6) is 34.5 Å². The number of carboxylic acids is 1. The number of aryl methyl sites for hydroxylation is 8. The molecule has 7 saturated carbocycles. The molecule has 7 aliphatic carbocycles. The number of aliphatic hydroxyl groups excluding tert-OH is 3. The van der Waals surface area contributed by atoms with Gasteiger partial charge in [0.1, 0.15) is 40.3 Å². The van der Waals surface area contributed by atoms with Crippen LogP contribution < -0.4 is 0 Å². The third-order valence-electron chi connectivity index (χ3n) is 25.0. The van der Waals surface area contributed by atoms with E-state index >= 15 is 0 Å². The SMILES string of the molecule is C.C=C1CCCC(c2ccc(C)cc2C)C1.CC.CC.CC.CC.CC.CC.CC.Cc1ccc(C2CCCC(=O)C2)c(C)c1.Cc1ccc(C2CCCC(C(=O)O)C2)c(C)c1.Cc1ccc(C2CCCC(CO)C2)c(C)c1.I.I.I.O=[C-]C1CCCC(c2ccc(O)cc2O)C1.OCC1(O)CCCC(c2ccc(O)cc2O)C1.OCC1CCCC(c2ccc(O)cc2O)C1.[Y].[Y]. The van der Waals surface area contributed by atoms with Gasteiger partial charge < -0.3 is 61.0 Å². The van der Waals surface area contributed by atoms with Crippen molar-refractivity contribution in [3.05, 3.63) is 223 Å². The zero-order valence-corrected chi connectivity index (χ0v) is 97.3. The van der Waals surface area contributed by atoms with Crippen molar-refractivity contribution >= 4 is 90.0 Å². The maximum Gasteiger partial charge on any atom is 0.306 e. The second-order valence-corrected chi connectivity index (χ2v) is 34.1. The Balaban J connectivity index is -0.000000340. The smallest absolute Gasteiger partial charge is 0.306 e. The zero-order chi connectivity index (χ0) is 95.2. The van der Waals surface area contributed by atoms with E-state index in [-0.39, 0.29) is 216 Å². The van der Waals surface area contributed by atoms with E-state index in [9.17, 15) is 60.3 Å². The number of phenolic OH excluding ortho intramolecular Hbond substituents is 6. The fourth-order valence-corrected chi connectivity index (χ4v) is 19.0. The number of phenols is 6. The van der Waals surface area contributed by atoms with Crippen LogP contribution in [0.15, 0.2) is 140 Å². The number of Topliss-reactive ketones (excluding diaryl/α,β-unsaturated/α-hetero) is 1. The number of hydrogen-bond acceptors (Lipinski definition) is 13. The van der Waals surface area contributed by atoms with Gasteiger partial charge in [-0.2, -0.15) is 0 Å². The van der Waals surface area contributed by atoms with Gasteiger partial charge in [0.05, 0.1) is 18.1 Å². The van der Waals surface area contributed by atoms with Crippen LogP contribution in [0.1, 0.15) is 409 Å². The zero-order valence-electron chi connectivity index (χ0n) is 84.6. The molecule has 14 nitrogen and oxygen atoms in total. The second-order valence-electron chi connectivity index (χ2n) is 34.1. The van der Waals surface area contributed by atoms with Gasteiger partial charge in [0.25, 0.3) is 0 Å². The Bertz CT molecular complexity index is 4070. The average molecular weight is 2320 g/mol. The normalized spacial score (nSPS) is 21.5. The van der Waals surface area contributed by atoms with E-state index < -0.39 is 11.6 Å². The first-order valence-electron chi connectivity index (χ1n) is 48.7. The standard InChI is InChI=1S/C15H20O2.C15H22O.C15H20.C14H18O.C13H18O4.C13H18O3.C13H15O3.7C2H6.CH4.3HI.2Y/c1-10-6-7-14(11(2)8-10)12-4-3-5-13(9-12)15(16)17;1-11-6-7-15(12(2)8-11)14-5-3-4-13(9-14)10-16;1-11-5-4-6-14(10-11)15-8-7-12(2)9-13(15)3;1-10-6-7-14(11(2)8-10)12-4-3-5-13(15)9-12;14-8-13(17)5-1-2-9(7-13)11-4-3-10(15)6-12(11)16;2*14-8-9-2-1-3-10(6-9)12-5-4-11(15)7-13(12)16;7*1-2;;;;;;/h6-8,12-13H,3-5,9H2,1-2H3,(H,16,17);6-8,13-14,16H,3-5,9-10H2,1-2H3;7-9,14H,1,4-6,10H2,2-3H3;6-8,12H,3-5,9H2,1-2H3;3-4,6,9,14-17H,1-2,5,7-8H2;4-5,7,9-10,14-16H,1-3,6,8H2;4-5,7,9-10,15-16H,1-3,6H2;7*1-2H3;1H4;3*1H;;/q;;;;;;-1;;;;;;;;;;;;;. The Kier molecular flexibility index (Phi) is 83.0. The number of allylic oxidation sites excluding steroid dienone is 1. The summed E-state index contributed by atoms with van der Waals surface area (Å²) in [6.07, 6.45) is 30.2. The molecule has 12 atom stereocenters. The van der Waals surface area contributed by atoms with Crippen molar-refractivity contribution in [2.24, 2.45) is 23.7 Å². The largest absolute Gasteiger partial charge is 0.542 e. The molecule has 132 heavy (non-hydrogen) atoms. The summed E-state index contributed by atoms with van der Waals surface area (Å²) in [6, 6.07) is 40.7. The van der Waals surface area contributed by atoms with E-state index in [1.54, 1.807) is 35.9 Å². The van der Waals surface area contributed by atoms with Gasteiger partial charge in [-0.05, 0) is 316 Å². The molecule has 12 unspecified atom stereocenters. The number of aromatic hydroxyl groups is 6. The van der Waals surface area contributed by atoms with E-state index in [1.807, 2.05) is 96.9 Å². The van der Waals surface area contributed by atoms with Crippen LogP contribution in [-0.4, -0.2) is 99.6 Å². The predicted octanol–water partition coefficient (Wildman–Crippen LogP) is 31.3. The molecule has 0 aliphatic heterocycles. The van der Waals surface area contributed by atoms with Gasteiger partial charge in [-0.25, -0.2) is 0 Å². The van der Waals surface area contributed by atoms with Gasteiger partial charge in [0.15, 0.2) is 0 Å². The molecule has 2 radical (unpaired) electrons. The average Bonchev–Trinajstić information content (AvgIpc) is 0.815. The summed E-state index contributed by atoms with van der Waals surface area (Å²) in [4.78, 5) is 33.1. The van der Waals surface area contributed by atoms with E-state index in [1.165, 1.54) is 149 Å². The third-order valence-corrected chi connectivity index (χ3v) is 25.0. The molecule has 7 aliphatic rings. The molecule has 744 valence electrons. The first-order valence-corrected chi connectivity index (χ1v) is 48.7. The Morgan fingerprint density at radius 3 is 1.02 bits per heavy atom. The van der Waals surface area contributed by atoms with Gasteiger partial charge >= 0.3 is 5.97 Å². The van der Waals surface area contributed by atoms with E-state index in [2.05, 4.69) is 141 Å². The molecule has 14 rings (SSSR count). The van der Waals surface area contributed by atoms with Crippen LogP contribution >= 0.6 is 71.9 Å². The van der Waals surface area contributed by atoms with Gasteiger partial charge in [-0.3, -0.25) is 15.9 Å². The maximum absolute atomic E-state index is 11.4. The maximum atomic E-state index is 11.4. The number of halogens is 3. The Morgan fingerprint density at radius 2 is 0.682 bits per heavy atom. The minimum atomic E-state index is -1.03. The Labute approximate surface area is 903 Å². The number of benzene rings is 7. The van der Waals surface area contributed by atoms with Crippen molar-refractivity contribution in [2.45, 2.75) is 387 Å². The molecular weight excluding hydrogens is 2140 g/mol. The van der Waals surface area contributed by atoms with Crippen molar-refractivity contribution in [1.29, 1.82) is 0 Å². The molecule has 11 N–H and O–H groups in total. The molecule has 0 aromatic heterocycles. The first-order chi connectivity index (χ1) is 60.6. The summed E-state index contributed by atoms with van der Waals surface area (Å²) in [5.41, 5.74) is 19.5. The number of hydrogen-bond donors (Lipinski definition) is 11. The summed E-state index contributed by atoms with van der Waals surface area (Å²) in [5.74, 6) is 3.94. The molecule has 7 fully saturated rings. The van der Waals surface area contributed by atoms with Crippen LogP contribution in [0.4, 0.5) is 0 Å². The van der Waals surface area contributed by atoms with Gasteiger partial charge in [0.2, 0.25) is 0 Å². The molecule has 0 bridgehead atoms. The molecule has 0 amide bonds. The molecule has 7 aromatic rings. The van der Waals surface area contributed by atoms with Crippen LogP contribution in [-0.2, 0) is 79.8 Å². The number of carboxylic acid groups (broad SMARTS) is 1. The number of carbonyl (C=O) groups is 2. The number of carbonyl (C=O) groups excluding carboxylic acids is 2. The number of aliphatic carboxylic acids is 1. The van der Waals surface area contributed by atoms with E-state index in [0.717, 1.165) is 132 Å². The number of ketones is 1. The summed E-state index contributed by atoms with van der Waals surface area (Å²) in [5, 5.41) is 104. The topological polar surface area (TPSA) is 274 Å². The predicted molar refractivity (Wildman–Crippen MR) is 581 cm³/mol. The minimum absolute atomic E-state index is 0. The fraction of sp³-hybridized carbons (Fsp3) is 0.584. The second kappa shape index (κ2) is 78.9. The monoisotopic (exact) mass is 2320 g/mol. The van der Waals surface area contributed by atoms with Crippen molar-refractivity contribution in [2.75, 3.05) is 19.8 Å². The van der Waals surface area contributed by atoms with Crippen LogP contribution in [0.2, 0.25) is 0 Å². The van der Waals surface area contributed by atoms with Crippen molar-refractivity contribution in [1.82, 2.24) is 0 Å². The van der Waals surface area contributed by atoms with E-state index in [0.29, 0.717) is 60.7 Å².